The Hall–Kier alpha value is -5.06. The molecule has 3 aromatic rings. The molecule has 4 aliphatic heterocycles. The van der Waals surface area contributed by atoms with Crippen LogP contribution in [0.2, 0.25) is 0 Å². The Balaban J connectivity index is 0.000000162. The normalized spacial score (nSPS) is 17.9. The van der Waals surface area contributed by atoms with E-state index < -0.39 is 0 Å². The highest BCUT2D eigenvalue weighted by Crippen LogP contribution is 2.34. The zero-order valence-electron chi connectivity index (χ0n) is 23.4. The molecule has 0 radical (unpaired) electrons. The molecule has 0 unspecified atom stereocenters. The maximum absolute atomic E-state index is 12.4. The summed E-state index contributed by atoms with van der Waals surface area (Å²) in [5, 5.41) is 5.68. The van der Waals surface area contributed by atoms with Crippen molar-refractivity contribution >= 4 is 47.0 Å². The van der Waals surface area contributed by atoms with Gasteiger partial charge in [-0.25, -0.2) is 9.59 Å². The first-order valence-electron chi connectivity index (χ1n) is 13.8. The van der Waals surface area contributed by atoms with Crippen LogP contribution in [0.25, 0.3) is 11.6 Å². The predicted octanol–water partition coefficient (Wildman–Crippen LogP) is 4.21. The van der Waals surface area contributed by atoms with Crippen molar-refractivity contribution in [3.63, 3.8) is 0 Å². The first-order chi connectivity index (χ1) is 20.2. The number of hydrogen-bond donors (Lipinski definition) is 3. The van der Waals surface area contributed by atoms with E-state index in [1.165, 1.54) is 0 Å². The Kier molecular flexibility index (Phi) is 7.15. The number of amides is 4. The fourth-order valence-corrected chi connectivity index (χ4v) is 5.48. The number of aromatic amines is 1. The van der Waals surface area contributed by atoms with E-state index in [-0.39, 0.29) is 24.0 Å². The zero-order chi connectivity index (χ0) is 29.4. The second kappa shape index (κ2) is 11.1. The minimum absolute atomic E-state index is 0.0257. The van der Waals surface area contributed by atoms with Crippen molar-refractivity contribution in [2.45, 2.75) is 33.4 Å². The maximum Gasteiger partial charge on any atom is 0.410 e. The lowest BCUT2D eigenvalue weighted by Crippen LogP contribution is -2.23. The van der Waals surface area contributed by atoms with Crippen LogP contribution < -0.4 is 10.6 Å². The molecular formula is C31H31N5O6. The fourth-order valence-electron chi connectivity index (χ4n) is 5.48. The van der Waals surface area contributed by atoms with E-state index in [1.54, 1.807) is 9.80 Å². The summed E-state index contributed by atoms with van der Waals surface area (Å²) in [6.07, 6.45) is 1.76. The van der Waals surface area contributed by atoms with Crippen molar-refractivity contribution in [3.8, 4) is 0 Å². The first kappa shape index (κ1) is 27.1. The van der Waals surface area contributed by atoms with Gasteiger partial charge in [-0.15, -0.1) is 0 Å². The minimum atomic E-state index is -0.289. The Labute approximate surface area is 242 Å². The predicted molar refractivity (Wildman–Crippen MR) is 156 cm³/mol. The number of nitrogens with zero attached hydrogens (tertiary/aromatic N) is 2. The molecule has 42 heavy (non-hydrogen) atoms. The van der Waals surface area contributed by atoms with Gasteiger partial charge in [-0.3, -0.25) is 9.59 Å². The summed E-state index contributed by atoms with van der Waals surface area (Å²) in [4.78, 5) is 53.1. The molecule has 0 atom stereocenters. The first-order valence-corrected chi connectivity index (χ1v) is 13.8. The van der Waals surface area contributed by atoms with Gasteiger partial charge in [0.15, 0.2) is 0 Å². The number of benzene rings is 2. The quantitative estimate of drug-likeness (QED) is 0.395. The lowest BCUT2D eigenvalue weighted by atomic mass is 10.0. The Bertz CT molecular complexity index is 1640. The number of fused-ring (bicyclic) bond motifs is 2. The van der Waals surface area contributed by atoms with Gasteiger partial charge in [0.2, 0.25) is 5.91 Å². The van der Waals surface area contributed by atoms with Crippen molar-refractivity contribution in [2.75, 3.05) is 36.9 Å². The van der Waals surface area contributed by atoms with Crippen LogP contribution in [0.15, 0.2) is 42.5 Å². The van der Waals surface area contributed by atoms with Crippen LogP contribution in [0.3, 0.4) is 0 Å². The van der Waals surface area contributed by atoms with Crippen molar-refractivity contribution in [1.29, 1.82) is 0 Å². The Morgan fingerprint density at radius 1 is 0.810 bits per heavy atom. The number of aromatic nitrogens is 1. The smallest absolute Gasteiger partial charge is 0.410 e. The Morgan fingerprint density at radius 2 is 1.45 bits per heavy atom. The third kappa shape index (κ3) is 5.58. The highest BCUT2D eigenvalue weighted by molar-refractivity contribution is 6.34. The van der Waals surface area contributed by atoms with Gasteiger partial charge in [0.25, 0.3) is 5.91 Å². The van der Waals surface area contributed by atoms with Gasteiger partial charge in [-0.1, -0.05) is 18.2 Å². The Morgan fingerprint density at radius 3 is 2.05 bits per heavy atom. The van der Waals surface area contributed by atoms with Gasteiger partial charge in [0.1, 0.15) is 13.2 Å². The number of carbonyl (C=O) groups excluding carboxylic acids is 4. The molecule has 0 saturated carbocycles. The van der Waals surface area contributed by atoms with Crippen LogP contribution >= 0.6 is 0 Å². The number of H-pyrrole nitrogens is 1. The third-order valence-electron chi connectivity index (χ3n) is 7.58. The molecule has 0 spiro atoms. The van der Waals surface area contributed by atoms with E-state index >= 15 is 0 Å². The molecule has 0 aliphatic carbocycles. The molecule has 5 heterocycles. The summed E-state index contributed by atoms with van der Waals surface area (Å²) >= 11 is 0. The standard InChI is InChI=1S/C19H19N3O3.C12H12N2O3/c1-11-7-12(2)20-17(11)9-15-14-8-13(3-4-16(14)21-18(15)23)10-22-5-6-25-19(22)24;15-11-6-9-5-8(1-2-10(9)13-11)7-14-3-4-17-12(14)16/h3-4,7-9,20H,5-6,10H2,1-2H3,(H,21,23);1-2,5H,3-4,6-7H2,(H,13,15). The lowest BCUT2D eigenvalue weighted by molar-refractivity contribution is -0.115. The summed E-state index contributed by atoms with van der Waals surface area (Å²) < 4.78 is 9.84. The number of hydrogen-bond acceptors (Lipinski definition) is 6. The van der Waals surface area contributed by atoms with E-state index in [4.69, 9.17) is 9.47 Å². The molecule has 4 aliphatic rings. The number of ether oxygens (including phenoxy) is 2. The average molecular weight is 570 g/mol. The number of anilines is 2. The SMILES string of the molecule is Cc1cc(C)c(C=C2C(=O)Nc3ccc(CN4CCOC4=O)cc32)[nH]1.O=C1Cc2cc(CN3CCOC3=O)ccc2N1. The second-order valence-corrected chi connectivity index (χ2v) is 10.7. The topological polar surface area (TPSA) is 133 Å². The van der Waals surface area contributed by atoms with Crippen LogP contribution in [-0.4, -0.2) is 65.1 Å². The van der Waals surface area contributed by atoms with Gasteiger partial charge in [0.05, 0.1) is 25.1 Å². The zero-order valence-corrected chi connectivity index (χ0v) is 23.4. The number of nitrogens with one attached hydrogen (secondary N) is 3. The average Bonchev–Trinajstić information content (AvgIpc) is 3.76. The van der Waals surface area contributed by atoms with E-state index in [2.05, 4.69) is 21.7 Å². The molecule has 7 rings (SSSR count). The molecule has 1 aromatic heterocycles. The third-order valence-corrected chi connectivity index (χ3v) is 7.58. The molecule has 0 bridgehead atoms. The summed E-state index contributed by atoms with van der Waals surface area (Å²) in [6.45, 7) is 7.15. The molecule has 2 fully saturated rings. The number of cyclic esters (lactones) is 2. The molecule has 11 heteroatoms. The molecule has 3 N–H and O–H groups in total. The highest BCUT2D eigenvalue weighted by atomic mass is 16.6. The summed E-state index contributed by atoms with van der Waals surface area (Å²) in [5.74, 6) is -0.0860. The molecule has 11 nitrogen and oxygen atoms in total. The van der Waals surface area contributed by atoms with Gasteiger partial charge in [-0.05, 0) is 66.4 Å². The number of aryl methyl sites for hydroxylation is 2. The number of carbonyl (C=O) groups is 4. The van der Waals surface area contributed by atoms with E-state index in [1.807, 2.05) is 56.3 Å². The fraction of sp³-hybridized carbons (Fsp3) is 0.290. The maximum atomic E-state index is 12.4. The van der Waals surface area contributed by atoms with Crippen molar-refractivity contribution in [2.24, 2.45) is 0 Å². The molecule has 2 aromatic carbocycles. The van der Waals surface area contributed by atoms with Crippen molar-refractivity contribution in [3.05, 3.63) is 81.7 Å². The van der Waals surface area contributed by atoms with Gasteiger partial charge >= 0.3 is 12.2 Å². The van der Waals surface area contributed by atoms with E-state index in [9.17, 15) is 19.2 Å². The lowest BCUT2D eigenvalue weighted by Gasteiger charge is -2.13. The van der Waals surface area contributed by atoms with E-state index in [0.717, 1.165) is 50.6 Å². The monoisotopic (exact) mass is 569 g/mol. The van der Waals surface area contributed by atoms with Crippen molar-refractivity contribution < 1.29 is 28.7 Å². The van der Waals surface area contributed by atoms with Crippen LogP contribution in [0.4, 0.5) is 21.0 Å². The molecule has 216 valence electrons. The summed E-state index contributed by atoms with van der Waals surface area (Å²) in [6, 6.07) is 13.6. The van der Waals surface area contributed by atoms with Crippen molar-refractivity contribution in [1.82, 2.24) is 14.8 Å². The van der Waals surface area contributed by atoms with Crippen LogP contribution in [0.1, 0.15) is 39.2 Å². The van der Waals surface area contributed by atoms with Gasteiger partial charge in [-0.2, -0.15) is 0 Å². The minimum Gasteiger partial charge on any atom is -0.448 e. The van der Waals surface area contributed by atoms with Crippen LogP contribution in [0.5, 0.6) is 0 Å². The number of rotatable bonds is 5. The van der Waals surface area contributed by atoms with E-state index in [0.29, 0.717) is 51.4 Å². The largest absolute Gasteiger partial charge is 0.448 e. The molecular weight excluding hydrogens is 538 g/mol. The second-order valence-electron chi connectivity index (χ2n) is 10.7. The van der Waals surface area contributed by atoms with Crippen LogP contribution in [-0.2, 0) is 38.6 Å². The molecule has 2 saturated heterocycles. The van der Waals surface area contributed by atoms with Gasteiger partial charge in [0, 0.05) is 41.4 Å². The summed E-state index contributed by atoms with van der Waals surface area (Å²) in [5.41, 5.74) is 9.26. The highest BCUT2D eigenvalue weighted by Gasteiger charge is 2.27. The van der Waals surface area contributed by atoms with Gasteiger partial charge < -0.3 is 34.9 Å². The molecule has 4 amide bonds. The summed E-state index contributed by atoms with van der Waals surface area (Å²) in [7, 11) is 0. The van der Waals surface area contributed by atoms with Crippen LogP contribution in [0, 0.1) is 13.8 Å².